The molecule has 3 aromatic rings. The second-order valence-electron chi connectivity index (χ2n) is 11.5. The number of hydrogen-bond donors (Lipinski definition) is 1. The normalized spacial score (nSPS) is 23.0. The second-order valence-corrected chi connectivity index (χ2v) is 11.5. The van der Waals surface area contributed by atoms with Gasteiger partial charge in [-0.05, 0) is 75.5 Å². The first-order valence-corrected chi connectivity index (χ1v) is 14.5. The molecule has 0 unspecified atom stereocenters. The van der Waals surface area contributed by atoms with Crippen LogP contribution < -0.4 is 14.2 Å². The van der Waals surface area contributed by atoms with Crippen LogP contribution in [0.4, 0.5) is 26.3 Å². The lowest BCUT2D eigenvalue weighted by atomic mass is 9.82. The molecular weight excluding hydrogens is 612 g/mol. The van der Waals surface area contributed by atoms with E-state index in [0.717, 1.165) is 10.9 Å². The number of benzene rings is 1. The molecule has 0 radical (unpaired) electrons. The van der Waals surface area contributed by atoms with E-state index in [4.69, 9.17) is 9.47 Å². The topological polar surface area (TPSA) is 105 Å². The number of halogens is 6. The molecule has 1 fully saturated rings. The highest BCUT2D eigenvalue weighted by atomic mass is 19.4. The number of ether oxygens (including phenoxy) is 4. The zero-order valence-corrected chi connectivity index (χ0v) is 24.0. The van der Waals surface area contributed by atoms with Gasteiger partial charge in [-0.1, -0.05) is 6.07 Å². The van der Waals surface area contributed by atoms with Crippen molar-refractivity contribution in [1.29, 1.82) is 0 Å². The van der Waals surface area contributed by atoms with Gasteiger partial charge < -0.3 is 24.1 Å². The molecule has 1 aromatic carbocycles. The van der Waals surface area contributed by atoms with E-state index < -0.39 is 54.0 Å². The smallest absolute Gasteiger partial charge is 0.481 e. The molecule has 6 rings (SSSR count). The van der Waals surface area contributed by atoms with Crippen LogP contribution in [0.3, 0.4) is 0 Å². The van der Waals surface area contributed by atoms with E-state index in [-0.39, 0.29) is 47.4 Å². The number of carbonyl (C=O) groups is 1. The Morgan fingerprint density at radius 1 is 1.13 bits per heavy atom. The van der Waals surface area contributed by atoms with Crippen LogP contribution in [0, 0.1) is 17.8 Å². The number of nitrogens with zero attached hydrogens (tertiary/aromatic N) is 3. The van der Waals surface area contributed by atoms with Gasteiger partial charge in [0.2, 0.25) is 0 Å². The van der Waals surface area contributed by atoms with E-state index in [1.807, 2.05) is 0 Å². The third-order valence-electron chi connectivity index (χ3n) is 8.45. The minimum Gasteiger partial charge on any atom is -0.481 e. The highest BCUT2D eigenvalue weighted by Gasteiger charge is 2.44. The standard InChI is InChI=1S/C30H29F6N3O6/c1-15(18-9-10-21-23(11-18)45-30(35,36)44-21)43-24-12-19(13-37-27(24)31)39-25-20(26(38-39)29(32,33)34)3-2-4-22(25)42-14-16-5-7-17(8-6-16)28(40)41/h9-13,15-17,22H,2-8,14H2,1H3,(H,40,41)/t15-,16-,17-,22+/m0/s1. The van der Waals surface area contributed by atoms with Crippen LogP contribution in [0.1, 0.15) is 80.2 Å². The average Bonchev–Trinajstić information content (AvgIpc) is 3.54. The summed E-state index contributed by atoms with van der Waals surface area (Å²) in [7, 11) is 0. The Balaban J connectivity index is 1.26. The quantitative estimate of drug-likeness (QED) is 0.204. The van der Waals surface area contributed by atoms with Crippen molar-refractivity contribution in [3.05, 3.63) is 58.9 Å². The van der Waals surface area contributed by atoms with E-state index in [1.54, 1.807) is 0 Å². The Labute approximate surface area is 253 Å². The lowest BCUT2D eigenvalue weighted by Crippen LogP contribution is -2.25. The number of fused-ring (bicyclic) bond motifs is 2. The third-order valence-corrected chi connectivity index (χ3v) is 8.45. The van der Waals surface area contributed by atoms with Crippen LogP contribution in [0.2, 0.25) is 0 Å². The Bertz CT molecular complexity index is 1590. The van der Waals surface area contributed by atoms with Gasteiger partial charge in [0.15, 0.2) is 22.9 Å². The van der Waals surface area contributed by atoms with Crippen LogP contribution >= 0.6 is 0 Å². The van der Waals surface area contributed by atoms with Crippen molar-refractivity contribution in [1.82, 2.24) is 14.8 Å². The third kappa shape index (κ3) is 6.40. The summed E-state index contributed by atoms with van der Waals surface area (Å²) in [6.07, 6.45) is -5.92. The number of alkyl halides is 5. The van der Waals surface area contributed by atoms with E-state index in [0.29, 0.717) is 44.1 Å². The predicted molar refractivity (Wildman–Crippen MR) is 143 cm³/mol. The van der Waals surface area contributed by atoms with Crippen LogP contribution in [0.25, 0.3) is 5.69 Å². The molecule has 3 heterocycles. The molecule has 2 aliphatic carbocycles. The Kier molecular flexibility index (Phi) is 8.08. The van der Waals surface area contributed by atoms with Gasteiger partial charge in [0.25, 0.3) is 5.95 Å². The molecule has 0 spiro atoms. The van der Waals surface area contributed by atoms with Crippen molar-refractivity contribution in [2.75, 3.05) is 6.61 Å². The van der Waals surface area contributed by atoms with Crippen LogP contribution in [0.15, 0.2) is 30.5 Å². The van der Waals surface area contributed by atoms with Crippen LogP contribution in [-0.2, 0) is 22.1 Å². The molecule has 0 saturated heterocycles. The molecule has 1 saturated carbocycles. The van der Waals surface area contributed by atoms with Gasteiger partial charge in [0.1, 0.15) is 6.10 Å². The molecule has 2 aromatic heterocycles. The van der Waals surface area contributed by atoms with Gasteiger partial charge in [0, 0.05) is 11.6 Å². The van der Waals surface area contributed by atoms with E-state index >= 15 is 0 Å². The van der Waals surface area contributed by atoms with E-state index in [9.17, 15) is 36.2 Å². The predicted octanol–water partition coefficient (Wildman–Crippen LogP) is 7.17. The fourth-order valence-electron chi connectivity index (χ4n) is 6.15. The molecule has 9 nitrogen and oxygen atoms in total. The summed E-state index contributed by atoms with van der Waals surface area (Å²) < 4.78 is 106. The van der Waals surface area contributed by atoms with Gasteiger partial charge >= 0.3 is 18.4 Å². The van der Waals surface area contributed by atoms with Crippen LogP contribution in [0.5, 0.6) is 17.2 Å². The first kappa shape index (κ1) is 31.0. The minimum absolute atomic E-state index is 0.00754. The second kappa shape index (κ2) is 11.7. The van der Waals surface area contributed by atoms with Gasteiger partial charge in [-0.25, -0.2) is 9.67 Å². The molecule has 45 heavy (non-hydrogen) atoms. The SMILES string of the molecule is C[C@H](Oc1cc(-n2nc(C(F)(F)F)c3c2[C@H](OC[C@H]2CC[C@H](C(=O)O)CC2)CCC3)cnc1F)c1ccc2c(c1)OC(F)(F)O2. The first-order chi connectivity index (χ1) is 21.3. The fraction of sp³-hybridized carbons (Fsp3) is 0.500. The average molecular weight is 642 g/mol. The number of carboxylic acid groups (broad SMARTS) is 1. The maximum Gasteiger partial charge on any atom is 0.586 e. The number of aromatic nitrogens is 3. The highest BCUT2D eigenvalue weighted by Crippen LogP contribution is 2.44. The van der Waals surface area contributed by atoms with E-state index in [1.165, 1.54) is 31.2 Å². The van der Waals surface area contributed by atoms with Gasteiger partial charge in [-0.3, -0.25) is 4.79 Å². The van der Waals surface area contributed by atoms with Crippen LogP contribution in [-0.4, -0.2) is 38.7 Å². The summed E-state index contributed by atoms with van der Waals surface area (Å²) in [5.41, 5.74) is -0.540. The maximum absolute atomic E-state index is 14.8. The van der Waals surface area contributed by atoms with Gasteiger partial charge in [-0.2, -0.15) is 22.7 Å². The number of rotatable bonds is 8. The summed E-state index contributed by atoms with van der Waals surface area (Å²) in [4.78, 5) is 15.0. The molecule has 0 amide bonds. The van der Waals surface area contributed by atoms with Crippen molar-refractivity contribution in [2.45, 2.75) is 76.5 Å². The Hall–Kier alpha value is -4.01. The summed E-state index contributed by atoms with van der Waals surface area (Å²) >= 11 is 0. The number of aliphatic carboxylic acids is 1. The maximum atomic E-state index is 14.8. The van der Waals surface area contributed by atoms with Gasteiger partial charge in [0.05, 0.1) is 36.2 Å². The molecule has 0 bridgehead atoms. The van der Waals surface area contributed by atoms with Crippen molar-refractivity contribution in [3.8, 4) is 22.9 Å². The Morgan fingerprint density at radius 2 is 1.87 bits per heavy atom. The Morgan fingerprint density at radius 3 is 2.58 bits per heavy atom. The summed E-state index contributed by atoms with van der Waals surface area (Å²) in [6.45, 7) is 1.77. The summed E-state index contributed by atoms with van der Waals surface area (Å²) in [5, 5.41) is 13.2. The monoisotopic (exact) mass is 641 g/mol. The van der Waals surface area contributed by atoms with Crippen molar-refractivity contribution >= 4 is 5.97 Å². The number of carboxylic acids is 1. The molecule has 1 N–H and O–H groups in total. The fourth-order valence-corrected chi connectivity index (χ4v) is 6.15. The van der Waals surface area contributed by atoms with Crippen molar-refractivity contribution in [2.24, 2.45) is 11.8 Å². The molecule has 2 atom stereocenters. The van der Waals surface area contributed by atoms with Crippen molar-refractivity contribution < 1.29 is 55.2 Å². The lowest BCUT2D eigenvalue weighted by molar-refractivity contribution is -0.286. The van der Waals surface area contributed by atoms with Gasteiger partial charge in [-0.15, -0.1) is 8.78 Å². The largest absolute Gasteiger partial charge is 0.586 e. The zero-order valence-electron chi connectivity index (χ0n) is 24.0. The highest BCUT2D eigenvalue weighted by molar-refractivity contribution is 5.70. The lowest BCUT2D eigenvalue weighted by Gasteiger charge is -2.30. The molecule has 15 heteroatoms. The summed E-state index contributed by atoms with van der Waals surface area (Å²) in [6, 6.07) is 5.11. The number of pyridine rings is 1. The molecule has 3 aliphatic rings. The first-order valence-electron chi connectivity index (χ1n) is 14.5. The molecule has 242 valence electrons. The minimum atomic E-state index is -4.76. The van der Waals surface area contributed by atoms with Crippen molar-refractivity contribution in [3.63, 3.8) is 0 Å². The van der Waals surface area contributed by atoms with E-state index in [2.05, 4.69) is 19.6 Å². The zero-order chi connectivity index (χ0) is 32.1. The summed E-state index contributed by atoms with van der Waals surface area (Å²) in [5.74, 6) is -3.02. The molecule has 1 aliphatic heterocycles. The number of hydrogen-bond acceptors (Lipinski definition) is 7. The molecular formula is C30H29F6N3O6.